The molecule has 2 aromatic rings. The molecule has 0 amide bonds. The van der Waals surface area contributed by atoms with Crippen LogP contribution in [0.1, 0.15) is 6.92 Å². The number of aromatic amines is 1. The third kappa shape index (κ3) is 2.49. The third-order valence-electron chi connectivity index (χ3n) is 3.13. The van der Waals surface area contributed by atoms with E-state index in [1.165, 1.54) is 6.07 Å². The van der Waals surface area contributed by atoms with E-state index in [-0.39, 0.29) is 5.00 Å². The van der Waals surface area contributed by atoms with E-state index in [4.69, 9.17) is 0 Å². The Balaban J connectivity index is 1.80. The number of rotatable bonds is 3. The monoisotopic (exact) mass is 294 g/mol. The number of nitro groups is 1. The first-order chi connectivity index (χ1) is 9.63. The predicted molar refractivity (Wildman–Crippen MR) is 76.0 cm³/mol. The molecule has 1 saturated heterocycles. The molecule has 0 aliphatic carbocycles. The summed E-state index contributed by atoms with van der Waals surface area (Å²) in [5.41, 5.74) is 0. The van der Waals surface area contributed by atoms with Crippen LogP contribution in [0.4, 0.5) is 10.9 Å². The van der Waals surface area contributed by atoms with Crippen molar-refractivity contribution < 1.29 is 4.92 Å². The van der Waals surface area contributed by atoms with Crippen LogP contribution in [0.25, 0.3) is 10.7 Å². The Labute approximate surface area is 119 Å². The summed E-state index contributed by atoms with van der Waals surface area (Å²) in [6.07, 6.45) is 0. The number of piperazine rings is 1. The molecule has 1 aliphatic rings. The van der Waals surface area contributed by atoms with Gasteiger partial charge in [-0.3, -0.25) is 15.2 Å². The van der Waals surface area contributed by atoms with E-state index in [0.29, 0.717) is 17.8 Å². The molecule has 0 saturated carbocycles. The van der Waals surface area contributed by atoms with Crippen LogP contribution in [0.15, 0.2) is 12.1 Å². The molecule has 8 nitrogen and oxygen atoms in total. The average Bonchev–Trinajstić information content (AvgIpc) is 3.08. The van der Waals surface area contributed by atoms with Crippen LogP contribution in [-0.4, -0.2) is 45.8 Å². The summed E-state index contributed by atoms with van der Waals surface area (Å²) in [5, 5.41) is 21.2. The molecule has 106 valence electrons. The van der Waals surface area contributed by atoms with E-state index in [1.54, 1.807) is 6.07 Å². The third-order valence-corrected chi connectivity index (χ3v) is 4.17. The van der Waals surface area contributed by atoms with Crippen LogP contribution in [-0.2, 0) is 0 Å². The Morgan fingerprint density at radius 3 is 3.10 bits per heavy atom. The molecule has 2 aromatic heterocycles. The van der Waals surface area contributed by atoms with Gasteiger partial charge >= 0.3 is 5.00 Å². The van der Waals surface area contributed by atoms with Gasteiger partial charge in [-0.15, -0.1) is 5.10 Å². The fraction of sp³-hybridized carbons (Fsp3) is 0.455. The van der Waals surface area contributed by atoms with Gasteiger partial charge in [-0.1, -0.05) is 11.3 Å². The molecular weight excluding hydrogens is 280 g/mol. The van der Waals surface area contributed by atoms with Gasteiger partial charge in [0.2, 0.25) is 5.95 Å². The average molecular weight is 294 g/mol. The van der Waals surface area contributed by atoms with Gasteiger partial charge in [-0.05, 0) is 13.0 Å². The molecule has 1 fully saturated rings. The van der Waals surface area contributed by atoms with Crippen LogP contribution in [0.5, 0.6) is 0 Å². The summed E-state index contributed by atoms with van der Waals surface area (Å²) in [6, 6.07) is 3.57. The SMILES string of the molecule is CC1CN(c2n[nH]c(-c3ccc([N+](=O)[O-])s3)n2)CCN1. The first-order valence-corrected chi connectivity index (χ1v) is 7.10. The maximum absolute atomic E-state index is 10.7. The highest BCUT2D eigenvalue weighted by Crippen LogP contribution is 2.31. The van der Waals surface area contributed by atoms with Gasteiger partial charge in [-0.2, -0.15) is 4.98 Å². The van der Waals surface area contributed by atoms with Crippen LogP contribution >= 0.6 is 11.3 Å². The second-order valence-corrected chi connectivity index (χ2v) is 5.74. The molecule has 0 spiro atoms. The van der Waals surface area contributed by atoms with Crippen molar-refractivity contribution in [1.82, 2.24) is 20.5 Å². The van der Waals surface area contributed by atoms with Crippen LogP contribution in [0.3, 0.4) is 0 Å². The van der Waals surface area contributed by atoms with Gasteiger partial charge in [0, 0.05) is 31.7 Å². The van der Waals surface area contributed by atoms with Crippen molar-refractivity contribution in [2.45, 2.75) is 13.0 Å². The minimum absolute atomic E-state index is 0.105. The summed E-state index contributed by atoms with van der Waals surface area (Å²) in [4.78, 5) is 17.5. The number of nitrogens with one attached hydrogen (secondary N) is 2. The van der Waals surface area contributed by atoms with Crippen LogP contribution in [0, 0.1) is 10.1 Å². The van der Waals surface area contributed by atoms with Crippen molar-refractivity contribution in [2.24, 2.45) is 0 Å². The lowest BCUT2D eigenvalue weighted by Gasteiger charge is -2.30. The Kier molecular flexibility index (Phi) is 3.36. The van der Waals surface area contributed by atoms with Crippen LogP contribution in [0.2, 0.25) is 0 Å². The van der Waals surface area contributed by atoms with Crippen molar-refractivity contribution >= 4 is 22.3 Å². The lowest BCUT2D eigenvalue weighted by Crippen LogP contribution is -2.49. The van der Waals surface area contributed by atoms with E-state index in [2.05, 4.69) is 32.3 Å². The zero-order valence-corrected chi connectivity index (χ0v) is 11.7. The zero-order valence-electron chi connectivity index (χ0n) is 10.9. The minimum Gasteiger partial charge on any atom is -0.337 e. The number of nitrogens with zero attached hydrogens (tertiary/aromatic N) is 4. The van der Waals surface area contributed by atoms with Crippen molar-refractivity contribution in [3.8, 4) is 10.7 Å². The van der Waals surface area contributed by atoms with Gasteiger partial charge in [0.25, 0.3) is 0 Å². The predicted octanol–water partition coefficient (Wildman–Crippen LogP) is 1.24. The number of aromatic nitrogens is 3. The summed E-state index contributed by atoms with van der Waals surface area (Å²) in [6.45, 7) is 4.71. The number of H-pyrrole nitrogens is 1. The number of anilines is 1. The van der Waals surface area contributed by atoms with Gasteiger partial charge in [0.05, 0.1) is 9.80 Å². The highest BCUT2D eigenvalue weighted by molar-refractivity contribution is 7.18. The highest BCUT2D eigenvalue weighted by atomic mass is 32.1. The first kappa shape index (κ1) is 13.0. The molecule has 3 heterocycles. The largest absolute Gasteiger partial charge is 0.337 e. The molecule has 9 heteroatoms. The smallest absolute Gasteiger partial charge is 0.324 e. The summed E-state index contributed by atoms with van der Waals surface area (Å²) >= 11 is 1.09. The van der Waals surface area contributed by atoms with E-state index in [0.717, 1.165) is 35.8 Å². The molecule has 1 unspecified atom stereocenters. The van der Waals surface area contributed by atoms with Crippen molar-refractivity contribution in [3.63, 3.8) is 0 Å². The Morgan fingerprint density at radius 1 is 1.55 bits per heavy atom. The lowest BCUT2D eigenvalue weighted by atomic mass is 10.2. The molecule has 20 heavy (non-hydrogen) atoms. The molecule has 3 rings (SSSR count). The summed E-state index contributed by atoms with van der Waals surface area (Å²) in [7, 11) is 0. The highest BCUT2D eigenvalue weighted by Gasteiger charge is 2.20. The normalized spacial score (nSPS) is 19.2. The summed E-state index contributed by atoms with van der Waals surface area (Å²) in [5.74, 6) is 1.22. The fourth-order valence-electron chi connectivity index (χ4n) is 2.17. The molecule has 1 atom stereocenters. The summed E-state index contributed by atoms with van der Waals surface area (Å²) < 4.78 is 0. The maximum Gasteiger partial charge on any atom is 0.324 e. The van der Waals surface area contributed by atoms with E-state index in [1.807, 2.05) is 0 Å². The van der Waals surface area contributed by atoms with E-state index in [9.17, 15) is 10.1 Å². The fourth-order valence-corrected chi connectivity index (χ4v) is 2.93. The second kappa shape index (κ2) is 5.17. The molecule has 0 bridgehead atoms. The molecule has 2 N–H and O–H groups in total. The van der Waals surface area contributed by atoms with Crippen molar-refractivity contribution in [2.75, 3.05) is 24.5 Å². The molecule has 0 aromatic carbocycles. The Bertz CT molecular complexity index is 624. The second-order valence-electron chi connectivity index (χ2n) is 4.68. The Hall–Kier alpha value is -2.00. The number of thiophene rings is 1. The first-order valence-electron chi connectivity index (χ1n) is 6.29. The van der Waals surface area contributed by atoms with E-state index >= 15 is 0 Å². The van der Waals surface area contributed by atoms with Crippen molar-refractivity contribution in [3.05, 3.63) is 22.2 Å². The topological polar surface area (TPSA) is 100.0 Å². The van der Waals surface area contributed by atoms with Gasteiger partial charge < -0.3 is 10.2 Å². The van der Waals surface area contributed by atoms with Gasteiger partial charge in [0.15, 0.2) is 5.82 Å². The molecular formula is C11H14N6O2S. The minimum atomic E-state index is -0.399. The van der Waals surface area contributed by atoms with Crippen molar-refractivity contribution in [1.29, 1.82) is 0 Å². The molecule has 0 radical (unpaired) electrons. The van der Waals surface area contributed by atoms with Gasteiger partial charge in [0.1, 0.15) is 0 Å². The van der Waals surface area contributed by atoms with Crippen LogP contribution < -0.4 is 10.2 Å². The van der Waals surface area contributed by atoms with Gasteiger partial charge in [-0.25, -0.2) is 0 Å². The zero-order chi connectivity index (χ0) is 14.1. The molecule has 1 aliphatic heterocycles. The maximum atomic E-state index is 10.7. The van der Waals surface area contributed by atoms with E-state index < -0.39 is 4.92 Å². The number of hydrogen-bond donors (Lipinski definition) is 2. The number of hydrogen-bond acceptors (Lipinski definition) is 7. The standard InChI is InChI=1S/C11H14N6O2S/c1-7-6-16(5-4-12-7)11-13-10(14-15-11)8-2-3-9(20-8)17(18)19/h2-3,7,12H,4-6H2,1H3,(H,13,14,15). The quantitative estimate of drug-likeness (QED) is 0.652. The Morgan fingerprint density at radius 2 is 2.40 bits per heavy atom. The lowest BCUT2D eigenvalue weighted by molar-refractivity contribution is -0.380.